The molecule has 7 heteroatoms. The van der Waals surface area contributed by atoms with Crippen LogP contribution in [0.5, 0.6) is 0 Å². The van der Waals surface area contributed by atoms with Crippen LogP contribution < -0.4 is 16.0 Å². The quantitative estimate of drug-likeness (QED) is 0.455. The summed E-state index contributed by atoms with van der Waals surface area (Å²) < 4.78 is 5.35. The van der Waals surface area contributed by atoms with Crippen LogP contribution in [0.15, 0.2) is 29.4 Å². The molecule has 3 N–H and O–H groups in total. The van der Waals surface area contributed by atoms with Crippen molar-refractivity contribution in [2.75, 3.05) is 19.6 Å². The van der Waals surface area contributed by atoms with Crippen molar-refractivity contribution in [1.82, 2.24) is 20.9 Å². The van der Waals surface area contributed by atoms with Gasteiger partial charge in [0, 0.05) is 31.4 Å². The average Bonchev–Trinajstić information content (AvgIpc) is 2.59. The van der Waals surface area contributed by atoms with Crippen LogP contribution in [0.1, 0.15) is 53.2 Å². The first kappa shape index (κ1) is 22.7. The Morgan fingerprint density at radius 2 is 2.04 bits per heavy atom. The van der Waals surface area contributed by atoms with E-state index in [0.717, 1.165) is 44.0 Å². The minimum absolute atomic E-state index is 0.0592. The number of carbonyl (C=O) groups is 1. The third-order valence-corrected chi connectivity index (χ3v) is 3.57. The van der Waals surface area contributed by atoms with Gasteiger partial charge in [-0.2, -0.15) is 0 Å². The van der Waals surface area contributed by atoms with Gasteiger partial charge in [-0.25, -0.2) is 4.79 Å². The number of alkyl carbamates (subject to hydrolysis) is 1. The molecule has 1 unspecified atom stereocenters. The molecule has 0 aliphatic carbocycles. The maximum Gasteiger partial charge on any atom is 0.407 e. The third kappa shape index (κ3) is 11.1. The number of guanidine groups is 1. The van der Waals surface area contributed by atoms with Gasteiger partial charge in [0.2, 0.25) is 0 Å². The number of hydrogen-bond acceptors (Lipinski definition) is 4. The highest BCUT2D eigenvalue weighted by atomic mass is 16.6. The average molecular weight is 378 g/mol. The summed E-state index contributed by atoms with van der Waals surface area (Å²) in [6.07, 6.45) is 4.02. The van der Waals surface area contributed by atoms with Crippen LogP contribution in [0.2, 0.25) is 0 Å². The first-order chi connectivity index (χ1) is 12.8. The maximum absolute atomic E-state index is 12.0. The molecule has 0 spiro atoms. The third-order valence-electron chi connectivity index (χ3n) is 3.57. The van der Waals surface area contributed by atoms with E-state index in [1.165, 1.54) is 0 Å². The number of aromatic nitrogens is 1. The molecule has 152 valence electrons. The van der Waals surface area contributed by atoms with Gasteiger partial charge in [-0.05, 0) is 46.2 Å². The molecule has 1 heterocycles. The second-order valence-electron chi connectivity index (χ2n) is 7.35. The summed E-state index contributed by atoms with van der Waals surface area (Å²) >= 11 is 0. The number of ether oxygens (including phenoxy) is 1. The van der Waals surface area contributed by atoms with Gasteiger partial charge < -0.3 is 20.7 Å². The van der Waals surface area contributed by atoms with E-state index in [9.17, 15) is 4.79 Å². The van der Waals surface area contributed by atoms with E-state index in [4.69, 9.17) is 4.74 Å². The Hall–Kier alpha value is -2.31. The Morgan fingerprint density at radius 1 is 1.26 bits per heavy atom. The highest BCUT2D eigenvalue weighted by Gasteiger charge is 2.19. The molecule has 1 atom stereocenters. The zero-order valence-electron chi connectivity index (χ0n) is 17.3. The van der Waals surface area contributed by atoms with Crippen molar-refractivity contribution in [3.63, 3.8) is 0 Å². The van der Waals surface area contributed by atoms with Crippen molar-refractivity contribution < 1.29 is 9.53 Å². The van der Waals surface area contributed by atoms with Crippen LogP contribution in [0.25, 0.3) is 0 Å². The fraction of sp³-hybridized carbons (Fsp3) is 0.650. The topological polar surface area (TPSA) is 87.6 Å². The molecule has 0 radical (unpaired) electrons. The van der Waals surface area contributed by atoms with Gasteiger partial charge >= 0.3 is 6.09 Å². The molecule has 0 bridgehead atoms. The predicted molar refractivity (Wildman–Crippen MR) is 110 cm³/mol. The van der Waals surface area contributed by atoms with Crippen molar-refractivity contribution >= 4 is 12.1 Å². The number of nitrogens with zero attached hydrogens (tertiary/aromatic N) is 2. The first-order valence-electron chi connectivity index (χ1n) is 9.75. The second-order valence-corrected chi connectivity index (χ2v) is 7.35. The Labute approximate surface area is 163 Å². The molecule has 1 amide bonds. The second kappa shape index (κ2) is 12.1. The molecule has 1 aromatic heterocycles. The number of nitrogens with one attached hydrogen (secondary N) is 3. The highest BCUT2D eigenvalue weighted by molar-refractivity contribution is 5.79. The zero-order chi connectivity index (χ0) is 20.1. The molecule has 1 aromatic rings. The molecule has 0 saturated carbocycles. The number of carbonyl (C=O) groups excluding carboxylic acids is 1. The van der Waals surface area contributed by atoms with Crippen LogP contribution in [-0.2, 0) is 11.2 Å². The summed E-state index contributed by atoms with van der Waals surface area (Å²) in [4.78, 5) is 21.0. The van der Waals surface area contributed by atoms with E-state index in [1.807, 2.05) is 45.9 Å². The molecular formula is C20H35N5O2. The molecule has 1 rings (SSSR count). The molecule has 0 fully saturated rings. The van der Waals surface area contributed by atoms with Gasteiger partial charge in [-0.3, -0.25) is 9.98 Å². The monoisotopic (exact) mass is 377 g/mol. The van der Waals surface area contributed by atoms with Gasteiger partial charge in [0.05, 0.1) is 12.6 Å². The van der Waals surface area contributed by atoms with E-state index in [1.54, 1.807) is 6.20 Å². The summed E-state index contributed by atoms with van der Waals surface area (Å²) in [5.74, 6) is 0.737. The minimum Gasteiger partial charge on any atom is -0.444 e. The van der Waals surface area contributed by atoms with Crippen molar-refractivity contribution in [2.24, 2.45) is 4.99 Å². The van der Waals surface area contributed by atoms with E-state index >= 15 is 0 Å². The summed E-state index contributed by atoms with van der Waals surface area (Å²) in [5.41, 5.74) is 0.530. The number of pyridine rings is 1. The predicted octanol–water partition coefficient (Wildman–Crippen LogP) is 2.87. The fourth-order valence-electron chi connectivity index (χ4n) is 2.43. The van der Waals surface area contributed by atoms with Gasteiger partial charge in [-0.15, -0.1) is 0 Å². The highest BCUT2D eigenvalue weighted by Crippen LogP contribution is 2.07. The van der Waals surface area contributed by atoms with Gasteiger partial charge in [0.15, 0.2) is 5.96 Å². The summed E-state index contributed by atoms with van der Waals surface area (Å²) in [5, 5.41) is 9.47. The number of hydrogen-bond donors (Lipinski definition) is 3. The summed E-state index contributed by atoms with van der Waals surface area (Å²) in [6, 6.07) is 5.84. The Kier molecular flexibility index (Phi) is 10.2. The normalized spacial score (nSPS) is 13.0. The Bertz CT molecular complexity index is 569. The first-order valence-corrected chi connectivity index (χ1v) is 9.75. The number of aliphatic imine (C=N–C) groups is 1. The molecule has 7 nitrogen and oxygen atoms in total. The Balaban J connectivity index is 2.56. The van der Waals surface area contributed by atoms with Crippen molar-refractivity contribution in [3.05, 3.63) is 30.1 Å². The lowest BCUT2D eigenvalue weighted by Crippen LogP contribution is -2.43. The van der Waals surface area contributed by atoms with Crippen molar-refractivity contribution in [2.45, 2.75) is 65.5 Å². The molecule has 0 aromatic carbocycles. The number of amides is 1. The molecule has 0 saturated heterocycles. The Morgan fingerprint density at radius 3 is 2.63 bits per heavy atom. The summed E-state index contributed by atoms with van der Waals surface area (Å²) in [7, 11) is 0. The van der Waals surface area contributed by atoms with Crippen LogP contribution in [-0.4, -0.2) is 48.3 Å². The maximum atomic E-state index is 12.0. The van der Waals surface area contributed by atoms with Crippen molar-refractivity contribution in [3.8, 4) is 0 Å². The molecular weight excluding hydrogens is 342 g/mol. The van der Waals surface area contributed by atoms with Crippen LogP contribution in [0.4, 0.5) is 4.79 Å². The van der Waals surface area contributed by atoms with Crippen LogP contribution in [0.3, 0.4) is 0 Å². The smallest absolute Gasteiger partial charge is 0.407 e. The van der Waals surface area contributed by atoms with E-state index in [0.29, 0.717) is 6.54 Å². The molecule has 0 aliphatic heterocycles. The lowest BCUT2D eigenvalue weighted by atomic mass is 10.1. The lowest BCUT2D eigenvalue weighted by molar-refractivity contribution is 0.0503. The van der Waals surface area contributed by atoms with E-state index < -0.39 is 11.7 Å². The van der Waals surface area contributed by atoms with Gasteiger partial charge in [0.1, 0.15) is 5.60 Å². The fourth-order valence-corrected chi connectivity index (χ4v) is 2.43. The summed E-state index contributed by atoms with van der Waals surface area (Å²) in [6.45, 7) is 11.7. The zero-order valence-corrected chi connectivity index (χ0v) is 17.3. The standard InChI is InChI=1S/C20H35N5O2/c1-6-10-17(25-19(26)27-20(3,4)5)15-24-18(21-7-2)23-14-12-16-11-8-9-13-22-16/h8-9,11,13,17H,6-7,10,12,14-15H2,1-5H3,(H,25,26)(H2,21,23,24). The van der Waals surface area contributed by atoms with Gasteiger partial charge in [0.25, 0.3) is 0 Å². The largest absolute Gasteiger partial charge is 0.444 e. The molecule has 0 aliphatic rings. The van der Waals surface area contributed by atoms with Gasteiger partial charge in [-0.1, -0.05) is 19.4 Å². The molecule has 27 heavy (non-hydrogen) atoms. The SMILES string of the molecule is CCCC(CN=C(NCC)NCCc1ccccn1)NC(=O)OC(C)(C)C. The van der Waals surface area contributed by atoms with E-state index in [-0.39, 0.29) is 6.04 Å². The minimum atomic E-state index is -0.508. The lowest BCUT2D eigenvalue weighted by Gasteiger charge is -2.23. The van der Waals surface area contributed by atoms with Crippen molar-refractivity contribution in [1.29, 1.82) is 0 Å². The van der Waals surface area contributed by atoms with Crippen LogP contribution >= 0.6 is 0 Å². The van der Waals surface area contributed by atoms with Crippen LogP contribution in [0, 0.1) is 0 Å². The number of rotatable bonds is 9. The van der Waals surface area contributed by atoms with E-state index in [2.05, 4.69) is 32.9 Å².